The highest BCUT2D eigenvalue weighted by Crippen LogP contribution is 1.84. The van der Waals surface area contributed by atoms with E-state index in [4.69, 9.17) is 15.2 Å². The van der Waals surface area contributed by atoms with Crippen LogP contribution in [-0.4, -0.2) is 43.6 Å². The first-order valence-electron chi connectivity index (χ1n) is 3.91. The molecule has 0 aromatic carbocycles. The van der Waals surface area contributed by atoms with Gasteiger partial charge >= 0.3 is 6.09 Å². The number of nitrogens with two attached hydrogens (primary N) is 1. The third kappa shape index (κ3) is 11.9. The molecule has 0 unspecified atom stereocenters. The van der Waals surface area contributed by atoms with Crippen LogP contribution in [0.2, 0.25) is 0 Å². The van der Waals surface area contributed by atoms with Crippen molar-refractivity contribution < 1.29 is 19.0 Å². The molecule has 0 atom stereocenters. The van der Waals surface area contributed by atoms with Crippen molar-refractivity contribution in [3.8, 4) is 0 Å². The van der Waals surface area contributed by atoms with E-state index in [1.54, 1.807) is 0 Å². The molecule has 78 valence electrons. The maximum atomic E-state index is 10.1. The van der Waals surface area contributed by atoms with Gasteiger partial charge in [0.05, 0.1) is 26.4 Å². The molecular formula is C7H14INO4. The Bertz CT molecular complexity index is 134. The fourth-order valence-electron chi connectivity index (χ4n) is 0.578. The molecule has 0 aliphatic heterocycles. The van der Waals surface area contributed by atoms with E-state index < -0.39 is 6.09 Å². The summed E-state index contributed by atoms with van der Waals surface area (Å²) in [6.45, 7) is 2.37. The Morgan fingerprint density at radius 2 is 1.62 bits per heavy atom. The van der Waals surface area contributed by atoms with Gasteiger partial charge in [-0.1, -0.05) is 22.6 Å². The zero-order valence-electron chi connectivity index (χ0n) is 7.33. The van der Waals surface area contributed by atoms with Crippen molar-refractivity contribution in [3.05, 3.63) is 0 Å². The average Bonchev–Trinajstić information content (AvgIpc) is 2.09. The van der Waals surface area contributed by atoms with Crippen LogP contribution < -0.4 is 5.73 Å². The maximum Gasteiger partial charge on any atom is 0.404 e. The molecule has 0 saturated heterocycles. The minimum atomic E-state index is -0.773. The average molecular weight is 303 g/mol. The molecular weight excluding hydrogens is 289 g/mol. The molecule has 5 nitrogen and oxygen atoms in total. The highest BCUT2D eigenvalue weighted by atomic mass is 127. The molecule has 0 heterocycles. The van der Waals surface area contributed by atoms with Crippen LogP contribution in [0.3, 0.4) is 0 Å². The molecule has 1 amide bonds. The van der Waals surface area contributed by atoms with Gasteiger partial charge < -0.3 is 19.9 Å². The molecule has 0 aliphatic carbocycles. The largest absolute Gasteiger partial charge is 0.447 e. The van der Waals surface area contributed by atoms with Crippen molar-refractivity contribution in [2.45, 2.75) is 0 Å². The lowest BCUT2D eigenvalue weighted by atomic mass is 10.7. The first-order valence-corrected chi connectivity index (χ1v) is 5.43. The van der Waals surface area contributed by atoms with Crippen molar-refractivity contribution in [2.24, 2.45) is 5.73 Å². The fraction of sp³-hybridized carbons (Fsp3) is 0.857. The van der Waals surface area contributed by atoms with Crippen molar-refractivity contribution in [1.29, 1.82) is 0 Å². The fourth-order valence-corrected chi connectivity index (χ4v) is 0.889. The van der Waals surface area contributed by atoms with E-state index in [2.05, 4.69) is 27.3 Å². The normalized spacial score (nSPS) is 9.92. The Hall–Kier alpha value is -0.0800. The number of rotatable bonds is 8. The summed E-state index contributed by atoms with van der Waals surface area (Å²) in [7, 11) is 0. The summed E-state index contributed by atoms with van der Waals surface area (Å²) in [4.78, 5) is 10.1. The number of alkyl halides is 1. The molecule has 0 aliphatic rings. The first-order chi connectivity index (χ1) is 6.27. The minimum absolute atomic E-state index is 0.196. The number of hydrogen-bond donors (Lipinski definition) is 1. The lowest BCUT2D eigenvalue weighted by Gasteiger charge is -2.04. The Morgan fingerprint density at radius 3 is 2.15 bits per heavy atom. The highest BCUT2D eigenvalue weighted by molar-refractivity contribution is 14.1. The molecule has 0 radical (unpaired) electrons. The number of halogens is 1. The maximum absolute atomic E-state index is 10.1. The van der Waals surface area contributed by atoms with Gasteiger partial charge in [0.15, 0.2) is 0 Å². The second kappa shape index (κ2) is 10.0. The summed E-state index contributed by atoms with van der Waals surface area (Å²) in [5, 5.41) is 0. The molecule has 0 bridgehead atoms. The van der Waals surface area contributed by atoms with Gasteiger partial charge in [-0.25, -0.2) is 4.79 Å². The number of carbonyl (C=O) groups excluding carboxylic acids is 1. The third-order valence-electron chi connectivity index (χ3n) is 1.07. The van der Waals surface area contributed by atoms with Crippen LogP contribution in [0.5, 0.6) is 0 Å². The predicted octanol–water partition coefficient (Wildman–Crippen LogP) is 0.550. The number of carbonyl (C=O) groups is 1. The minimum Gasteiger partial charge on any atom is -0.447 e. The van der Waals surface area contributed by atoms with E-state index in [0.717, 1.165) is 11.0 Å². The van der Waals surface area contributed by atoms with Crippen LogP contribution in [-0.2, 0) is 14.2 Å². The van der Waals surface area contributed by atoms with Gasteiger partial charge in [-0.2, -0.15) is 0 Å². The van der Waals surface area contributed by atoms with E-state index in [1.807, 2.05) is 0 Å². The second-order valence-corrected chi connectivity index (χ2v) is 3.16. The van der Waals surface area contributed by atoms with Gasteiger partial charge in [-0.15, -0.1) is 0 Å². The van der Waals surface area contributed by atoms with Gasteiger partial charge in [0.1, 0.15) is 6.61 Å². The quantitative estimate of drug-likeness (QED) is 0.404. The summed E-state index contributed by atoms with van der Waals surface area (Å²) in [5.74, 6) is 0. The van der Waals surface area contributed by atoms with Crippen molar-refractivity contribution in [3.63, 3.8) is 0 Å². The lowest BCUT2D eigenvalue weighted by Crippen LogP contribution is -2.17. The van der Waals surface area contributed by atoms with E-state index in [-0.39, 0.29) is 6.61 Å². The SMILES string of the molecule is NC(=O)OCCOCCOCCI. The standard InChI is InChI=1S/C7H14INO4/c8-1-2-11-3-4-12-5-6-13-7(9)10/h1-6H2,(H2,9,10). The van der Waals surface area contributed by atoms with Crippen LogP contribution in [0, 0.1) is 0 Å². The Morgan fingerprint density at radius 1 is 1.08 bits per heavy atom. The highest BCUT2D eigenvalue weighted by Gasteiger charge is 1.93. The van der Waals surface area contributed by atoms with Crippen LogP contribution in [0.15, 0.2) is 0 Å². The summed E-state index contributed by atoms with van der Waals surface area (Å²) in [6.07, 6.45) is -0.773. The van der Waals surface area contributed by atoms with E-state index in [9.17, 15) is 4.79 Å². The summed E-state index contributed by atoms with van der Waals surface area (Å²) >= 11 is 2.23. The summed E-state index contributed by atoms with van der Waals surface area (Å²) < 4.78 is 15.6. The molecule has 0 rings (SSSR count). The molecule has 13 heavy (non-hydrogen) atoms. The topological polar surface area (TPSA) is 70.8 Å². The van der Waals surface area contributed by atoms with Crippen LogP contribution in [0.25, 0.3) is 0 Å². The first kappa shape index (κ1) is 12.9. The molecule has 6 heteroatoms. The molecule has 0 fully saturated rings. The molecule has 0 spiro atoms. The Labute approximate surface area is 91.0 Å². The van der Waals surface area contributed by atoms with Gasteiger partial charge in [-0.3, -0.25) is 0 Å². The van der Waals surface area contributed by atoms with E-state index in [0.29, 0.717) is 19.8 Å². The van der Waals surface area contributed by atoms with Crippen molar-refractivity contribution >= 4 is 28.7 Å². The van der Waals surface area contributed by atoms with Gasteiger partial charge in [0.25, 0.3) is 0 Å². The zero-order chi connectivity index (χ0) is 9.94. The smallest absolute Gasteiger partial charge is 0.404 e. The van der Waals surface area contributed by atoms with Crippen LogP contribution in [0.4, 0.5) is 4.79 Å². The molecule has 0 aromatic heterocycles. The van der Waals surface area contributed by atoms with Gasteiger partial charge in [0, 0.05) is 4.43 Å². The Balaban J connectivity index is 2.87. The third-order valence-corrected chi connectivity index (χ3v) is 1.51. The number of amides is 1. The van der Waals surface area contributed by atoms with Crippen LogP contribution >= 0.6 is 22.6 Å². The summed E-state index contributed by atoms with van der Waals surface area (Å²) in [5.41, 5.74) is 4.73. The Kier molecular flexibility index (Phi) is 9.94. The molecule has 0 aromatic rings. The lowest BCUT2D eigenvalue weighted by molar-refractivity contribution is 0.0337. The number of ether oxygens (including phenoxy) is 3. The molecule has 0 saturated carbocycles. The molecule has 2 N–H and O–H groups in total. The van der Waals surface area contributed by atoms with Crippen molar-refractivity contribution in [1.82, 2.24) is 0 Å². The summed E-state index contributed by atoms with van der Waals surface area (Å²) in [6, 6.07) is 0. The van der Waals surface area contributed by atoms with Gasteiger partial charge in [-0.05, 0) is 0 Å². The monoisotopic (exact) mass is 303 g/mol. The van der Waals surface area contributed by atoms with E-state index >= 15 is 0 Å². The second-order valence-electron chi connectivity index (χ2n) is 2.08. The van der Waals surface area contributed by atoms with E-state index in [1.165, 1.54) is 0 Å². The van der Waals surface area contributed by atoms with Crippen LogP contribution in [0.1, 0.15) is 0 Å². The van der Waals surface area contributed by atoms with Crippen molar-refractivity contribution in [2.75, 3.05) is 37.5 Å². The number of primary amides is 1. The zero-order valence-corrected chi connectivity index (χ0v) is 9.49. The predicted molar refractivity (Wildman–Crippen MR) is 56.1 cm³/mol. The van der Waals surface area contributed by atoms with Gasteiger partial charge in [0.2, 0.25) is 0 Å². The number of hydrogen-bond acceptors (Lipinski definition) is 4.